The number of hydrogen-bond donors (Lipinski definition) is 1. The van der Waals surface area contributed by atoms with Crippen molar-refractivity contribution in [2.45, 2.75) is 17.8 Å². The third-order valence-corrected chi connectivity index (χ3v) is 3.99. The number of nitrogens with two attached hydrogens (primary N) is 1. The van der Waals surface area contributed by atoms with E-state index in [1.807, 2.05) is 0 Å². The molecular weight excluding hydrogens is 206 g/mol. The van der Waals surface area contributed by atoms with Crippen LogP contribution in [0.15, 0.2) is 60.7 Å². The molecule has 1 aliphatic rings. The first-order valence-electron chi connectivity index (χ1n) is 6.17. The van der Waals surface area contributed by atoms with Crippen molar-refractivity contribution in [3.05, 3.63) is 71.8 Å². The SMILES string of the molecule is NC[C@]1(c2ccccc2)C[C@@H]1c1ccccc1. The fourth-order valence-electron chi connectivity index (χ4n) is 2.86. The van der Waals surface area contributed by atoms with Gasteiger partial charge in [-0.25, -0.2) is 0 Å². The fourth-order valence-corrected chi connectivity index (χ4v) is 2.86. The Hall–Kier alpha value is -1.60. The van der Waals surface area contributed by atoms with Crippen molar-refractivity contribution >= 4 is 0 Å². The third-order valence-electron chi connectivity index (χ3n) is 3.99. The Morgan fingerprint density at radius 3 is 2.12 bits per heavy atom. The molecule has 0 amide bonds. The minimum absolute atomic E-state index is 0.183. The zero-order valence-corrected chi connectivity index (χ0v) is 9.84. The molecule has 0 bridgehead atoms. The Morgan fingerprint density at radius 2 is 1.53 bits per heavy atom. The minimum atomic E-state index is 0.183. The highest BCUT2D eigenvalue weighted by molar-refractivity contribution is 5.43. The molecule has 1 aliphatic carbocycles. The van der Waals surface area contributed by atoms with E-state index in [9.17, 15) is 0 Å². The number of rotatable bonds is 3. The summed E-state index contributed by atoms with van der Waals surface area (Å²) in [6, 6.07) is 21.4. The van der Waals surface area contributed by atoms with Crippen LogP contribution in [0.5, 0.6) is 0 Å². The second kappa shape index (κ2) is 4.01. The quantitative estimate of drug-likeness (QED) is 0.850. The molecule has 0 radical (unpaired) electrons. The molecule has 2 aromatic carbocycles. The van der Waals surface area contributed by atoms with E-state index in [-0.39, 0.29) is 5.41 Å². The van der Waals surface area contributed by atoms with Gasteiger partial charge in [-0.1, -0.05) is 60.7 Å². The van der Waals surface area contributed by atoms with Crippen LogP contribution in [-0.4, -0.2) is 6.54 Å². The van der Waals surface area contributed by atoms with Gasteiger partial charge in [-0.15, -0.1) is 0 Å². The van der Waals surface area contributed by atoms with Gasteiger partial charge in [0, 0.05) is 12.0 Å². The first kappa shape index (κ1) is 10.5. The van der Waals surface area contributed by atoms with E-state index in [4.69, 9.17) is 5.73 Å². The van der Waals surface area contributed by atoms with E-state index in [2.05, 4.69) is 60.7 Å². The largest absolute Gasteiger partial charge is 0.330 e. The van der Waals surface area contributed by atoms with Crippen LogP contribution >= 0.6 is 0 Å². The molecule has 0 aromatic heterocycles. The van der Waals surface area contributed by atoms with E-state index in [1.165, 1.54) is 17.5 Å². The summed E-state index contributed by atoms with van der Waals surface area (Å²) in [4.78, 5) is 0. The summed E-state index contributed by atoms with van der Waals surface area (Å²) >= 11 is 0. The van der Waals surface area contributed by atoms with Crippen LogP contribution in [0.3, 0.4) is 0 Å². The summed E-state index contributed by atoms with van der Waals surface area (Å²) in [7, 11) is 0. The topological polar surface area (TPSA) is 26.0 Å². The lowest BCUT2D eigenvalue weighted by molar-refractivity contribution is 0.676. The molecule has 0 heterocycles. The van der Waals surface area contributed by atoms with Gasteiger partial charge in [0.1, 0.15) is 0 Å². The second-order valence-electron chi connectivity index (χ2n) is 4.89. The molecule has 17 heavy (non-hydrogen) atoms. The molecule has 2 aromatic rings. The van der Waals surface area contributed by atoms with Gasteiger partial charge in [0.15, 0.2) is 0 Å². The van der Waals surface area contributed by atoms with Crippen molar-refractivity contribution in [3.63, 3.8) is 0 Å². The monoisotopic (exact) mass is 223 g/mol. The van der Waals surface area contributed by atoms with Crippen molar-refractivity contribution in [1.82, 2.24) is 0 Å². The zero-order chi connectivity index (χ0) is 11.7. The third kappa shape index (κ3) is 1.67. The molecule has 86 valence electrons. The highest BCUT2D eigenvalue weighted by atomic mass is 14.7. The van der Waals surface area contributed by atoms with Crippen molar-refractivity contribution in [2.75, 3.05) is 6.54 Å². The molecule has 1 saturated carbocycles. The van der Waals surface area contributed by atoms with Gasteiger partial charge in [-0.3, -0.25) is 0 Å². The average molecular weight is 223 g/mol. The summed E-state index contributed by atoms with van der Waals surface area (Å²) in [6.45, 7) is 0.733. The summed E-state index contributed by atoms with van der Waals surface area (Å²) < 4.78 is 0. The predicted molar refractivity (Wildman–Crippen MR) is 71.0 cm³/mol. The number of benzene rings is 2. The Labute approximate surface area is 102 Å². The van der Waals surface area contributed by atoms with Crippen LogP contribution in [0.25, 0.3) is 0 Å². The maximum absolute atomic E-state index is 6.03. The summed E-state index contributed by atoms with van der Waals surface area (Å²) in [5.74, 6) is 0.594. The molecule has 0 unspecified atom stereocenters. The van der Waals surface area contributed by atoms with E-state index in [0.717, 1.165) is 6.54 Å². The molecular formula is C16H17N. The predicted octanol–water partition coefficient (Wildman–Crippen LogP) is 3.07. The van der Waals surface area contributed by atoms with E-state index in [0.29, 0.717) is 5.92 Å². The molecule has 0 spiro atoms. The van der Waals surface area contributed by atoms with Gasteiger partial charge >= 0.3 is 0 Å². The standard InChI is InChI=1S/C16H17N/c17-12-16(14-9-5-2-6-10-14)11-15(16)13-7-3-1-4-8-13/h1-10,15H,11-12,17H2/t15-,16+/m1/s1. The van der Waals surface area contributed by atoms with Gasteiger partial charge < -0.3 is 5.73 Å². The van der Waals surface area contributed by atoms with Crippen molar-refractivity contribution < 1.29 is 0 Å². The summed E-state index contributed by atoms with van der Waals surface area (Å²) in [5.41, 5.74) is 9.02. The molecule has 2 atom stereocenters. The van der Waals surface area contributed by atoms with E-state index >= 15 is 0 Å². The van der Waals surface area contributed by atoms with Crippen molar-refractivity contribution in [1.29, 1.82) is 0 Å². The van der Waals surface area contributed by atoms with E-state index in [1.54, 1.807) is 0 Å². The van der Waals surface area contributed by atoms with Gasteiger partial charge in [-0.05, 0) is 23.5 Å². The van der Waals surface area contributed by atoms with Gasteiger partial charge in [0.2, 0.25) is 0 Å². The highest BCUT2D eigenvalue weighted by Crippen LogP contribution is 2.59. The van der Waals surface area contributed by atoms with Gasteiger partial charge in [0.05, 0.1) is 0 Å². The van der Waals surface area contributed by atoms with Crippen LogP contribution in [-0.2, 0) is 5.41 Å². The average Bonchev–Trinajstić information content (AvgIpc) is 3.17. The molecule has 3 rings (SSSR count). The first-order valence-corrected chi connectivity index (χ1v) is 6.17. The maximum atomic E-state index is 6.03. The maximum Gasteiger partial charge on any atom is 0.0150 e. The second-order valence-corrected chi connectivity index (χ2v) is 4.89. The normalized spacial score (nSPS) is 26.8. The lowest BCUT2D eigenvalue weighted by Gasteiger charge is -2.15. The van der Waals surface area contributed by atoms with Crippen LogP contribution in [0.2, 0.25) is 0 Å². The fraction of sp³-hybridized carbons (Fsp3) is 0.250. The summed E-state index contributed by atoms with van der Waals surface area (Å²) in [5, 5.41) is 0. The molecule has 1 heteroatoms. The molecule has 0 aliphatic heterocycles. The van der Waals surface area contributed by atoms with Crippen molar-refractivity contribution in [2.24, 2.45) is 5.73 Å². The van der Waals surface area contributed by atoms with Crippen LogP contribution in [0, 0.1) is 0 Å². The molecule has 0 saturated heterocycles. The first-order chi connectivity index (χ1) is 8.37. The lowest BCUT2D eigenvalue weighted by atomic mass is 9.91. The highest BCUT2D eigenvalue weighted by Gasteiger charge is 2.54. The Kier molecular flexibility index (Phi) is 2.49. The summed E-state index contributed by atoms with van der Waals surface area (Å²) in [6.07, 6.45) is 1.18. The molecule has 1 nitrogen and oxygen atoms in total. The van der Waals surface area contributed by atoms with Gasteiger partial charge in [-0.2, -0.15) is 0 Å². The van der Waals surface area contributed by atoms with E-state index < -0.39 is 0 Å². The molecule has 1 fully saturated rings. The number of hydrogen-bond acceptors (Lipinski definition) is 1. The Balaban J connectivity index is 1.94. The lowest BCUT2D eigenvalue weighted by Crippen LogP contribution is -2.21. The molecule has 2 N–H and O–H groups in total. The van der Waals surface area contributed by atoms with Crippen LogP contribution < -0.4 is 5.73 Å². The Morgan fingerprint density at radius 1 is 0.941 bits per heavy atom. The van der Waals surface area contributed by atoms with Crippen LogP contribution in [0.1, 0.15) is 23.5 Å². The zero-order valence-electron chi connectivity index (χ0n) is 9.84. The minimum Gasteiger partial charge on any atom is -0.330 e. The Bertz CT molecular complexity index is 491. The van der Waals surface area contributed by atoms with Crippen LogP contribution in [0.4, 0.5) is 0 Å². The smallest absolute Gasteiger partial charge is 0.0150 e. The van der Waals surface area contributed by atoms with Crippen molar-refractivity contribution in [3.8, 4) is 0 Å². The van der Waals surface area contributed by atoms with Gasteiger partial charge in [0.25, 0.3) is 0 Å².